The molecule has 1 aromatic carbocycles. The Morgan fingerprint density at radius 2 is 2.27 bits per heavy atom. The van der Waals surface area contributed by atoms with Crippen molar-refractivity contribution in [3.63, 3.8) is 0 Å². The fourth-order valence-corrected chi connectivity index (χ4v) is 1.46. The monoisotopic (exact) mass is 200 g/mol. The summed E-state index contributed by atoms with van der Waals surface area (Å²) in [6.45, 7) is 1.83. The molecular weight excluding hydrogens is 188 g/mol. The number of aromatic nitrogens is 1. The lowest BCUT2D eigenvalue weighted by atomic mass is 10.1. The maximum absolute atomic E-state index is 11.3. The fraction of sp³-hybridized carbons (Fsp3) is 0.167. The maximum Gasteiger partial charge on any atom is 0.224 e. The van der Waals surface area contributed by atoms with Crippen molar-refractivity contribution in [1.29, 1.82) is 0 Å². The average molecular weight is 200 g/mol. The first kappa shape index (κ1) is 9.65. The van der Waals surface area contributed by atoms with Crippen molar-refractivity contribution < 1.29 is 4.79 Å². The van der Waals surface area contributed by atoms with E-state index in [0.717, 1.165) is 16.5 Å². The Morgan fingerprint density at radius 3 is 3.07 bits per heavy atom. The number of hydrogen-bond acceptors (Lipinski definition) is 2. The van der Waals surface area contributed by atoms with Gasteiger partial charge >= 0.3 is 0 Å². The van der Waals surface area contributed by atoms with Crippen LogP contribution in [-0.2, 0) is 4.79 Å². The van der Waals surface area contributed by atoms with E-state index in [4.69, 9.17) is 0 Å². The quantitative estimate of drug-likeness (QED) is 0.809. The molecule has 1 heterocycles. The third kappa shape index (κ3) is 1.96. The Morgan fingerprint density at radius 1 is 1.40 bits per heavy atom. The number of carbonyl (C=O) groups excluding carboxylic acids is 1. The largest absolute Gasteiger partial charge is 0.325 e. The number of fused-ring (bicyclic) bond motifs is 1. The van der Waals surface area contributed by atoms with E-state index in [9.17, 15) is 4.79 Å². The van der Waals surface area contributed by atoms with Gasteiger partial charge in [0.05, 0.1) is 5.69 Å². The predicted octanol–water partition coefficient (Wildman–Crippen LogP) is 2.58. The molecule has 0 fully saturated rings. The summed E-state index contributed by atoms with van der Waals surface area (Å²) in [6.07, 6.45) is 3.99. The van der Waals surface area contributed by atoms with Crippen molar-refractivity contribution >= 4 is 22.4 Å². The van der Waals surface area contributed by atoms with Crippen LogP contribution in [0.2, 0.25) is 0 Å². The van der Waals surface area contributed by atoms with Gasteiger partial charge in [-0.2, -0.15) is 0 Å². The molecule has 0 radical (unpaired) electrons. The zero-order valence-corrected chi connectivity index (χ0v) is 8.53. The highest BCUT2D eigenvalue weighted by atomic mass is 16.1. The Kier molecular flexibility index (Phi) is 2.63. The van der Waals surface area contributed by atoms with Crippen LogP contribution in [0, 0.1) is 0 Å². The fourth-order valence-electron chi connectivity index (χ4n) is 1.46. The molecule has 76 valence electrons. The summed E-state index contributed by atoms with van der Waals surface area (Å²) in [7, 11) is 0. The molecule has 0 bridgehead atoms. The van der Waals surface area contributed by atoms with Gasteiger partial charge in [0.1, 0.15) is 0 Å². The zero-order valence-electron chi connectivity index (χ0n) is 8.53. The summed E-state index contributed by atoms with van der Waals surface area (Å²) in [4.78, 5) is 15.3. The average Bonchev–Trinajstić information content (AvgIpc) is 2.29. The molecule has 15 heavy (non-hydrogen) atoms. The van der Waals surface area contributed by atoms with Gasteiger partial charge in [-0.15, -0.1) is 0 Å². The SMILES string of the molecule is CCC(=O)Nc1cccc2ccncc12. The minimum atomic E-state index is 0.0198. The van der Waals surface area contributed by atoms with E-state index in [1.165, 1.54) is 0 Å². The van der Waals surface area contributed by atoms with E-state index in [-0.39, 0.29) is 5.91 Å². The molecule has 2 rings (SSSR count). The van der Waals surface area contributed by atoms with Gasteiger partial charge in [-0.05, 0) is 17.5 Å². The normalized spacial score (nSPS) is 10.2. The molecule has 2 aromatic rings. The van der Waals surface area contributed by atoms with Crippen LogP contribution in [0.5, 0.6) is 0 Å². The van der Waals surface area contributed by atoms with Crippen LogP contribution < -0.4 is 5.32 Å². The zero-order chi connectivity index (χ0) is 10.7. The van der Waals surface area contributed by atoms with Gasteiger partial charge in [-0.3, -0.25) is 9.78 Å². The van der Waals surface area contributed by atoms with Crippen molar-refractivity contribution in [2.75, 3.05) is 5.32 Å². The van der Waals surface area contributed by atoms with Crippen LogP contribution in [-0.4, -0.2) is 10.9 Å². The number of nitrogens with zero attached hydrogens (tertiary/aromatic N) is 1. The lowest BCUT2D eigenvalue weighted by molar-refractivity contribution is -0.115. The minimum Gasteiger partial charge on any atom is -0.325 e. The molecule has 0 aliphatic heterocycles. The summed E-state index contributed by atoms with van der Waals surface area (Å²) in [5.74, 6) is 0.0198. The second-order valence-electron chi connectivity index (χ2n) is 3.30. The van der Waals surface area contributed by atoms with Gasteiger partial charge in [0.25, 0.3) is 0 Å². The summed E-state index contributed by atoms with van der Waals surface area (Å²) in [6, 6.07) is 7.74. The number of hydrogen-bond donors (Lipinski definition) is 1. The molecule has 1 aromatic heterocycles. The Hall–Kier alpha value is -1.90. The summed E-state index contributed by atoms with van der Waals surface area (Å²) >= 11 is 0. The van der Waals surface area contributed by atoms with E-state index >= 15 is 0 Å². The topological polar surface area (TPSA) is 42.0 Å². The molecule has 1 N–H and O–H groups in total. The van der Waals surface area contributed by atoms with Crippen LogP contribution in [0.4, 0.5) is 5.69 Å². The van der Waals surface area contributed by atoms with Gasteiger partial charge in [0, 0.05) is 24.2 Å². The number of pyridine rings is 1. The lowest BCUT2D eigenvalue weighted by Gasteiger charge is -2.06. The van der Waals surface area contributed by atoms with Crippen molar-refractivity contribution in [2.45, 2.75) is 13.3 Å². The minimum absolute atomic E-state index is 0.0198. The van der Waals surface area contributed by atoms with Crippen LogP contribution in [0.15, 0.2) is 36.7 Å². The van der Waals surface area contributed by atoms with Crippen molar-refractivity contribution in [3.8, 4) is 0 Å². The molecule has 0 saturated heterocycles. The number of anilines is 1. The molecule has 1 amide bonds. The second-order valence-corrected chi connectivity index (χ2v) is 3.30. The third-order valence-electron chi connectivity index (χ3n) is 2.28. The van der Waals surface area contributed by atoms with Gasteiger partial charge in [0.2, 0.25) is 5.91 Å². The van der Waals surface area contributed by atoms with Crippen LogP contribution in [0.25, 0.3) is 10.8 Å². The molecule has 0 saturated carbocycles. The first-order chi connectivity index (χ1) is 7.31. The Balaban J connectivity index is 2.46. The first-order valence-corrected chi connectivity index (χ1v) is 4.94. The van der Waals surface area contributed by atoms with E-state index in [2.05, 4.69) is 10.3 Å². The Labute approximate surface area is 88.1 Å². The number of amides is 1. The highest BCUT2D eigenvalue weighted by molar-refractivity contribution is 6.01. The van der Waals surface area contributed by atoms with E-state index < -0.39 is 0 Å². The predicted molar refractivity (Wildman–Crippen MR) is 60.7 cm³/mol. The highest BCUT2D eigenvalue weighted by Gasteiger charge is 2.02. The van der Waals surface area contributed by atoms with Crippen molar-refractivity contribution in [2.24, 2.45) is 0 Å². The molecule has 0 atom stereocenters. The maximum atomic E-state index is 11.3. The molecule has 0 spiro atoms. The van der Waals surface area contributed by atoms with Crippen LogP contribution in [0.3, 0.4) is 0 Å². The van der Waals surface area contributed by atoms with Crippen LogP contribution >= 0.6 is 0 Å². The van der Waals surface area contributed by atoms with E-state index in [1.54, 1.807) is 12.4 Å². The standard InChI is InChI=1S/C12H12N2O/c1-2-12(15)14-11-5-3-4-9-6-7-13-8-10(9)11/h3-8H,2H2,1H3,(H,14,15). The van der Waals surface area contributed by atoms with Gasteiger partial charge in [0.15, 0.2) is 0 Å². The van der Waals surface area contributed by atoms with Gasteiger partial charge in [-0.25, -0.2) is 0 Å². The van der Waals surface area contributed by atoms with E-state index in [0.29, 0.717) is 6.42 Å². The van der Waals surface area contributed by atoms with Crippen LogP contribution in [0.1, 0.15) is 13.3 Å². The second kappa shape index (κ2) is 4.09. The van der Waals surface area contributed by atoms with E-state index in [1.807, 2.05) is 31.2 Å². The molecule has 0 aliphatic rings. The lowest BCUT2D eigenvalue weighted by Crippen LogP contribution is -2.09. The Bertz CT molecular complexity index is 488. The van der Waals surface area contributed by atoms with Crippen molar-refractivity contribution in [1.82, 2.24) is 4.98 Å². The highest BCUT2D eigenvalue weighted by Crippen LogP contribution is 2.21. The molecule has 0 aliphatic carbocycles. The number of benzene rings is 1. The number of rotatable bonds is 2. The summed E-state index contributed by atoms with van der Waals surface area (Å²) in [5, 5.41) is 4.91. The number of nitrogens with one attached hydrogen (secondary N) is 1. The van der Waals surface area contributed by atoms with Gasteiger partial charge < -0.3 is 5.32 Å². The molecule has 0 unspecified atom stereocenters. The first-order valence-electron chi connectivity index (χ1n) is 4.94. The summed E-state index contributed by atoms with van der Waals surface area (Å²) in [5.41, 5.74) is 0.826. The smallest absolute Gasteiger partial charge is 0.224 e. The third-order valence-corrected chi connectivity index (χ3v) is 2.28. The number of carbonyl (C=O) groups is 1. The van der Waals surface area contributed by atoms with Crippen molar-refractivity contribution in [3.05, 3.63) is 36.7 Å². The molecule has 3 nitrogen and oxygen atoms in total. The van der Waals surface area contributed by atoms with Gasteiger partial charge in [-0.1, -0.05) is 19.1 Å². The summed E-state index contributed by atoms with van der Waals surface area (Å²) < 4.78 is 0. The molecular formula is C12H12N2O. The molecule has 3 heteroatoms.